The summed E-state index contributed by atoms with van der Waals surface area (Å²) in [4.78, 5) is 14.3. The fourth-order valence-electron chi connectivity index (χ4n) is 3.59. The standard InChI is InChI=1S/C17H23FN2O/c1-12-4-5-15(18)14(11-12)17(21)20-9-6-13(7-10-20)16-3-2-8-19-16/h4-5,11,13,16,19H,2-3,6-10H2,1H3. The second kappa shape index (κ2) is 6.14. The molecule has 2 fully saturated rings. The molecule has 2 aliphatic rings. The maximum Gasteiger partial charge on any atom is 0.256 e. The summed E-state index contributed by atoms with van der Waals surface area (Å²) in [5.41, 5.74) is 1.14. The molecule has 1 atom stereocenters. The van der Waals surface area contributed by atoms with Crippen LogP contribution >= 0.6 is 0 Å². The molecule has 1 aromatic carbocycles. The molecule has 2 saturated heterocycles. The van der Waals surface area contributed by atoms with Gasteiger partial charge in [-0.25, -0.2) is 4.39 Å². The number of carbonyl (C=O) groups is 1. The second-order valence-corrected chi connectivity index (χ2v) is 6.32. The predicted molar refractivity (Wildman–Crippen MR) is 80.8 cm³/mol. The lowest BCUT2D eigenvalue weighted by Crippen LogP contribution is -2.43. The van der Waals surface area contributed by atoms with Crippen molar-refractivity contribution in [3.8, 4) is 0 Å². The predicted octanol–water partition coefficient (Wildman–Crippen LogP) is 2.74. The quantitative estimate of drug-likeness (QED) is 0.908. The van der Waals surface area contributed by atoms with Gasteiger partial charge in [-0.3, -0.25) is 4.79 Å². The maximum atomic E-state index is 13.8. The Hall–Kier alpha value is -1.42. The van der Waals surface area contributed by atoms with Crippen molar-refractivity contribution in [1.29, 1.82) is 0 Å². The van der Waals surface area contributed by atoms with Gasteiger partial charge >= 0.3 is 0 Å². The summed E-state index contributed by atoms with van der Waals surface area (Å²) in [6, 6.07) is 5.36. The van der Waals surface area contributed by atoms with E-state index in [0.717, 1.165) is 38.0 Å². The van der Waals surface area contributed by atoms with Crippen molar-refractivity contribution in [2.75, 3.05) is 19.6 Å². The van der Waals surface area contributed by atoms with Gasteiger partial charge in [0.1, 0.15) is 5.82 Å². The van der Waals surface area contributed by atoms with Crippen LogP contribution in [0.2, 0.25) is 0 Å². The largest absolute Gasteiger partial charge is 0.339 e. The third kappa shape index (κ3) is 3.10. The van der Waals surface area contributed by atoms with Crippen molar-refractivity contribution in [2.24, 2.45) is 5.92 Å². The number of likely N-dealkylation sites (tertiary alicyclic amines) is 1. The van der Waals surface area contributed by atoms with Gasteiger partial charge in [0.25, 0.3) is 5.91 Å². The molecule has 0 radical (unpaired) electrons. The van der Waals surface area contributed by atoms with E-state index in [1.165, 1.54) is 18.9 Å². The highest BCUT2D eigenvalue weighted by Crippen LogP contribution is 2.26. The molecular weight excluding hydrogens is 267 g/mol. The van der Waals surface area contributed by atoms with Gasteiger partial charge in [0.15, 0.2) is 0 Å². The molecule has 114 valence electrons. The summed E-state index contributed by atoms with van der Waals surface area (Å²) < 4.78 is 13.8. The minimum Gasteiger partial charge on any atom is -0.339 e. The van der Waals surface area contributed by atoms with E-state index in [4.69, 9.17) is 0 Å². The third-order valence-electron chi connectivity index (χ3n) is 4.85. The van der Waals surface area contributed by atoms with Gasteiger partial charge in [-0.1, -0.05) is 11.6 Å². The van der Waals surface area contributed by atoms with Crippen LogP contribution in [0.25, 0.3) is 0 Å². The Bertz CT molecular complexity index is 518. The van der Waals surface area contributed by atoms with E-state index in [1.54, 1.807) is 12.1 Å². The van der Waals surface area contributed by atoms with Gasteiger partial charge in [-0.2, -0.15) is 0 Å². The molecule has 1 aromatic rings. The molecule has 1 N–H and O–H groups in total. The van der Waals surface area contributed by atoms with E-state index in [2.05, 4.69) is 5.32 Å². The molecule has 3 nitrogen and oxygen atoms in total. The molecule has 0 aromatic heterocycles. The Labute approximate surface area is 125 Å². The summed E-state index contributed by atoms with van der Waals surface area (Å²) in [7, 11) is 0. The Morgan fingerprint density at radius 2 is 2.05 bits per heavy atom. The van der Waals surface area contributed by atoms with Gasteiger partial charge in [0.2, 0.25) is 0 Å². The van der Waals surface area contributed by atoms with E-state index < -0.39 is 5.82 Å². The van der Waals surface area contributed by atoms with Gasteiger partial charge in [0.05, 0.1) is 5.56 Å². The van der Waals surface area contributed by atoms with Crippen LogP contribution in [-0.4, -0.2) is 36.5 Å². The van der Waals surface area contributed by atoms with Gasteiger partial charge in [-0.05, 0) is 57.2 Å². The number of amides is 1. The van der Waals surface area contributed by atoms with E-state index in [9.17, 15) is 9.18 Å². The number of carbonyl (C=O) groups excluding carboxylic acids is 1. The Morgan fingerprint density at radius 3 is 2.71 bits per heavy atom. The molecule has 21 heavy (non-hydrogen) atoms. The minimum atomic E-state index is -0.412. The lowest BCUT2D eigenvalue weighted by Gasteiger charge is -2.35. The molecule has 0 aliphatic carbocycles. The van der Waals surface area contributed by atoms with E-state index in [-0.39, 0.29) is 11.5 Å². The second-order valence-electron chi connectivity index (χ2n) is 6.32. The van der Waals surface area contributed by atoms with Crippen molar-refractivity contribution < 1.29 is 9.18 Å². The van der Waals surface area contributed by atoms with Crippen LogP contribution < -0.4 is 5.32 Å². The SMILES string of the molecule is Cc1ccc(F)c(C(=O)N2CCC(C3CCCN3)CC2)c1. The first-order chi connectivity index (χ1) is 10.1. The first kappa shape index (κ1) is 14.5. The molecule has 2 aliphatic heterocycles. The minimum absolute atomic E-state index is 0.158. The molecule has 1 unspecified atom stereocenters. The van der Waals surface area contributed by atoms with Crippen molar-refractivity contribution in [2.45, 2.75) is 38.6 Å². The number of nitrogens with one attached hydrogen (secondary N) is 1. The normalized spacial score (nSPS) is 23.5. The van der Waals surface area contributed by atoms with E-state index in [1.807, 2.05) is 11.8 Å². The first-order valence-corrected chi connectivity index (χ1v) is 7.94. The van der Waals surface area contributed by atoms with Gasteiger partial charge in [0, 0.05) is 19.1 Å². The monoisotopic (exact) mass is 290 g/mol. The molecular formula is C17H23FN2O. The van der Waals surface area contributed by atoms with E-state index in [0.29, 0.717) is 12.0 Å². The zero-order valence-corrected chi connectivity index (χ0v) is 12.6. The highest BCUT2D eigenvalue weighted by atomic mass is 19.1. The highest BCUT2D eigenvalue weighted by Gasteiger charge is 2.30. The Balaban J connectivity index is 1.63. The molecule has 4 heteroatoms. The smallest absolute Gasteiger partial charge is 0.256 e. The van der Waals surface area contributed by atoms with Crippen molar-refractivity contribution >= 4 is 5.91 Å². The van der Waals surface area contributed by atoms with Gasteiger partial charge in [-0.15, -0.1) is 0 Å². The fraction of sp³-hybridized carbons (Fsp3) is 0.588. The third-order valence-corrected chi connectivity index (χ3v) is 4.85. The van der Waals surface area contributed by atoms with Crippen LogP contribution in [0.15, 0.2) is 18.2 Å². The van der Waals surface area contributed by atoms with Crippen LogP contribution in [0.1, 0.15) is 41.6 Å². The van der Waals surface area contributed by atoms with Crippen LogP contribution in [0, 0.1) is 18.7 Å². The summed E-state index contributed by atoms with van der Waals surface area (Å²) in [5, 5.41) is 3.56. The fourth-order valence-corrected chi connectivity index (χ4v) is 3.59. The van der Waals surface area contributed by atoms with Crippen molar-refractivity contribution in [1.82, 2.24) is 10.2 Å². The summed E-state index contributed by atoms with van der Waals surface area (Å²) in [6.45, 7) is 4.50. The van der Waals surface area contributed by atoms with Crippen LogP contribution in [-0.2, 0) is 0 Å². The average Bonchev–Trinajstić information content (AvgIpc) is 3.03. The highest BCUT2D eigenvalue weighted by molar-refractivity contribution is 5.94. The summed E-state index contributed by atoms with van der Waals surface area (Å²) in [5.74, 6) is 0.0955. The number of hydrogen-bond donors (Lipinski definition) is 1. The molecule has 1 amide bonds. The van der Waals surface area contributed by atoms with E-state index >= 15 is 0 Å². The number of aryl methyl sites for hydroxylation is 1. The lowest BCUT2D eigenvalue weighted by molar-refractivity contribution is 0.0669. The summed E-state index contributed by atoms with van der Waals surface area (Å²) in [6.07, 6.45) is 4.57. The molecule has 2 heterocycles. The molecule has 0 bridgehead atoms. The number of nitrogens with zero attached hydrogens (tertiary/aromatic N) is 1. The van der Waals surface area contributed by atoms with Gasteiger partial charge < -0.3 is 10.2 Å². The average molecular weight is 290 g/mol. The maximum absolute atomic E-state index is 13.8. The molecule has 0 saturated carbocycles. The summed E-state index contributed by atoms with van der Waals surface area (Å²) >= 11 is 0. The number of hydrogen-bond acceptors (Lipinski definition) is 2. The number of piperidine rings is 1. The number of benzene rings is 1. The number of rotatable bonds is 2. The van der Waals surface area contributed by atoms with Crippen LogP contribution in [0.3, 0.4) is 0 Å². The van der Waals surface area contributed by atoms with Crippen LogP contribution in [0.4, 0.5) is 4.39 Å². The molecule has 3 rings (SSSR count). The first-order valence-electron chi connectivity index (χ1n) is 7.94. The number of halogens is 1. The van der Waals surface area contributed by atoms with Crippen molar-refractivity contribution in [3.63, 3.8) is 0 Å². The topological polar surface area (TPSA) is 32.3 Å². The Kier molecular flexibility index (Phi) is 4.24. The molecule has 0 spiro atoms. The zero-order valence-electron chi connectivity index (χ0n) is 12.6. The Morgan fingerprint density at radius 1 is 1.29 bits per heavy atom. The lowest BCUT2D eigenvalue weighted by atomic mass is 9.88. The van der Waals surface area contributed by atoms with Crippen LogP contribution in [0.5, 0.6) is 0 Å². The zero-order chi connectivity index (χ0) is 14.8. The van der Waals surface area contributed by atoms with Crippen molar-refractivity contribution in [3.05, 3.63) is 35.1 Å².